The van der Waals surface area contributed by atoms with E-state index < -0.39 is 65.9 Å². The number of aromatic nitrogens is 3. The van der Waals surface area contributed by atoms with E-state index >= 15 is 0 Å². The molecule has 0 radical (unpaired) electrons. The molecule has 10 nitrogen and oxygen atoms in total. The van der Waals surface area contributed by atoms with E-state index in [0.29, 0.717) is 10.9 Å². The number of nitrogens with zero attached hydrogens (tertiary/aromatic N) is 3. The Bertz CT molecular complexity index is 1680. The van der Waals surface area contributed by atoms with Crippen LogP contribution in [0.4, 0.5) is 22.0 Å². The largest absolute Gasteiger partial charge is 0.494 e. The number of rotatable bonds is 8. The van der Waals surface area contributed by atoms with Crippen LogP contribution in [0.3, 0.4) is 0 Å². The molecule has 2 aromatic heterocycles. The average molecular weight is 638 g/mol. The van der Waals surface area contributed by atoms with Gasteiger partial charge in [-0.1, -0.05) is 0 Å². The summed E-state index contributed by atoms with van der Waals surface area (Å²) in [5.74, 6) is -5.24. The number of benzene rings is 1. The monoisotopic (exact) mass is 637 g/mol. The van der Waals surface area contributed by atoms with Crippen LogP contribution in [0.25, 0.3) is 10.9 Å². The molecule has 242 valence electrons. The van der Waals surface area contributed by atoms with Crippen LogP contribution < -0.4 is 20.5 Å². The fourth-order valence-corrected chi connectivity index (χ4v) is 6.00. The Morgan fingerprint density at radius 3 is 2.47 bits per heavy atom. The molecular formula is C30H32F5N5O5. The summed E-state index contributed by atoms with van der Waals surface area (Å²) in [5, 5.41) is 18.5. The molecule has 2 amide bonds. The van der Waals surface area contributed by atoms with Crippen molar-refractivity contribution >= 4 is 22.7 Å². The summed E-state index contributed by atoms with van der Waals surface area (Å²) in [7, 11) is 1.38. The van der Waals surface area contributed by atoms with Gasteiger partial charge in [-0.15, -0.1) is 0 Å². The standard InChI is InChI=1S/C30H32F5N5O5/c1-27(26(36)42)14-45-24-19(27)11-21(38-23(24)15-5-7-28(31,32)8-6-15)29(43,30(33,34)35)13-37-25(41)16-9-17-12-40(18-3-4-18)39-22(17)20(10-16)44-2/h9-12,15,18,43H,3-8,13-14H2,1-2H3,(H2,36,42)(H,37,41)/t27-,29?/m0/s1. The molecule has 3 aliphatic rings. The number of primary amides is 1. The lowest BCUT2D eigenvalue weighted by molar-refractivity contribution is -0.265. The Labute approximate surface area is 254 Å². The van der Waals surface area contributed by atoms with E-state index in [2.05, 4.69) is 15.4 Å². The number of fused-ring (bicyclic) bond motifs is 2. The van der Waals surface area contributed by atoms with Crippen molar-refractivity contribution < 1.29 is 46.1 Å². The number of hydrogen-bond donors (Lipinski definition) is 3. The van der Waals surface area contributed by atoms with Gasteiger partial charge in [-0.25, -0.2) is 8.78 Å². The quantitative estimate of drug-likeness (QED) is 0.311. The molecule has 3 heterocycles. The first kappa shape index (κ1) is 31.0. The number of aliphatic hydroxyl groups is 1. The normalized spacial score (nSPS) is 22.8. The smallest absolute Gasteiger partial charge is 0.424 e. The van der Waals surface area contributed by atoms with Crippen LogP contribution in [0.5, 0.6) is 11.5 Å². The minimum absolute atomic E-state index is 0.00373. The first-order chi connectivity index (χ1) is 21.1. The number of pyridine rings is 1. The van der Waals surface area contributed by atoms with Crippen LogP contribution in [0.2, 0.25) is 0 Å². The van der Waals surface area contributed by atoms with E-state index in [1.165, 1.54) is 26.2 Å². The van der Waals surface area contributed by atoms with Gasteiger partial charge in [-0.2, -0.15) is 18.3 Å². The Morgan fingerprint density at radius 2 is 1.87 bits per heavy atom. The number of halogens is 5. The maximum Gasteiger partial charge on any atom is 0.424 e. The van der Waals surface area contributed by atoms with E-state index in [1.807, 2.05) is 0 Å². The molecule has 2 aliphatic carbocycles. The molecule has 0 bridgehead atoms. The molecule has 0 spiro atoms. The molecule has 2 fully saturated rings. The van der Waals surface area contributed by atoms with Crippen LogP contribution in [0, 0.1) is 0 Å². The zero-order valence-electron chi connectivity index (χ0n) is 24.5. The van der Waals surface area contributed by atoms with Crippen molar-refractivity contribution in [2.24, 2.45) is 5.73 Å². The van der Waals surface area contributed by atoms with E-state index in [9.17, 15) is 36.6 Å². The molecule has 1 aromatic carbocycles. The highest BCUT2D eigenvalue weighted by atomic mass is 19.4. The van der Waals surface area contributed by atoms with Gasteiger partial charge in [0.25, 0.3) is 5.91 Å². The van der Waals surface area contributed by atoms with Crippen molar-refractivity contribution in [3.8, 4) is 11.5 Å². The second-order valence-electron chi connectivity index (χ2n) is 12.4. The number of alkyl halides is 5. The molecule has 3 aromatic rings. The molecule has 2 atom stereocenters. The number of carbonyl (C=O) groups excluding carboxylic acids is 2. The van der Waals surface area contributed by atoms with Gasteiger partial charge >= 0.3 is 6.18 Å². The van der Waals surface area contributed by atoms with E-state index in [0.717, 1.165) is 18.9 Å². The van der Waals surface area contributed by atoms with Gasteiger partial charge < -0.3 is 25.6 Å². The third-order valence-corrected chi connectivity index (χ3v) is 9.14. The summed E-state index contributed by atoms with van der Waals surface area (Å²) in [5.41, 5.74) is -0.274. The molecule has 0 saturated heterocycles. The minimum atomic E-state index is -5.37. The third-order valence-electron chi connectivity index (χ3n) is 9.14. The van der Waals surface area contributed by atoms with Crippen molar-refractivity contribution in [3.05, 3.63) is 46.9 Å². The first-order valence-electron chi connectivity index (χ1n) is 14.6. The van der Waals surface area contributed by atoms with Crippen LogP contribution in [0.1, 0.15) is 84.7 Å². The van der Waals surface area contributed by atoms with Crippen molar-refractivity contribution in [3.63, 3.8) is 0 Å². The summed E-state index contributed by atoms with van der Waals surface area (Å²) in [6, 6.07) is 3.94. The number of carbonyl (C=O) groups is 2. The van der Waals surface area contributed by atoms with Crippen molar-refractivity contribution in [2.75, 3.05) is 20.3 Å². The van der Waals surface area contributed by atoms with Gasteiger partial charge in [0, 0.05) is 41.5 Å². The van der Waals surface area contributed by atoms with Gasteiger partial charge in [-0.3, -0.25) is 19.3 Å². The number of nitrogens with two attached hydrogens (primary N) is 1. The SMILES string of the molecule is COc1cc(C(=O)NCC(O)(c2cc3c(c(C4CCC(F)(F)CC4)n2)OC[C@]3(C)C(N)=O)C(F)(F)F)cc2cn(C3CC3)nc12. The number of methoxy groups -OCH3 is 1. The fraction of sp³-hybridized carbons (Fsp3) is 0.533. The van der Waals surface area contributed by atoms with Gasteiger partial charge in [0.1, 0.15) is 29.0 Å². The number of hydrogen-bond acceptors (Lipinski definition) is 7. The summed E-state index contributed by atoms with van der Waals surface area (Å²) in [6.07, 6.45) is -2.96. The lowest BCUT2D eigenvalue weighted by atomic mass is 9.79. The highest BCUT2D eigenvalue weighted by Gasteiger charge is 2.58. The van der Waals surface area contributed by atoms with Crippen LogP contribution in [0.15, 0.2) is 24.4 Å². The summed E-state index contributed by atoms with van der Waals surface area (Å²) >= 11 is 0. The topological polar surface area (TPSA) is 142 Å². The van der Waals surface area contributed by atoms with E-state index in [1.54, 1.807) is 10.9 Å². The van der Waals surface area contributed by atoms with Crippen molar-refractivity contribution in [1.29, 1.82) is 0 Å². The maximum atomic E-state index is 14.7. The van der Waals surface area contributed by atoms with Crippen molar-refractivity contribution in [2.45, 2.75) is 80.5 Å². The highest BCUT2D eigenvalue weighted by molar-refractivity contribution is 6.00. The molecule has 15 heteroatoms. The fourth-order valence-electron chi connectivity index (χ4n) is 6.00. The molecule has 6 rings (SSSR count). The minimum Gasteiger partial charge on any atom is -0.494 e. The Morgan fingerprint density at radius 1 is 1.18 bits per heavy atom. The van der Waals surface area contributed by atoms with Crippen molar-refractivity contribution in [1.82, 2.24) is 20.1 Å². The van der Waals surface area contributed by atoms with Crippen LogP contribution in [-0.2, 0) is 15.8 Å². The maximum absolute atomic E-state index is 14.7. The lowest BCUT2D eigenvalue weighted by Gasteiger charge is -2.33. The third kappa shape index (κ3) is 5.34. The second kappa shape index (κ2) is 10.5. The zero-order chi connectivity index (χ0) is 32.5. The molecule has 45 heavy (non-hydrogen) atoms. The molecule has 2 saturated carbocycles. The average Bonchev–Trinajstić information content (AvgIpc) is 3.65. The molecule has 1 aliphatic heterocycles. The van der Waals surface area contributed by atoms with Gasteiger partial charge in [0.15, 0.2) is 0 Å². The van der Waals surface area contributed by atoms with Gasteiger partial charge in [0.2, 0.25) is 17.4 Å². The number of nitrogens with one attached hydrogen (secondary N) is 1. The molecule has 1 unspecified atom stereocenters. The predicted molar refractivity (Wildman–Crippen MR) is 149 cm³/mol. The lowest BCUT2D eigenvalue weighted by Crippen LogP contribution is -2.52. The van der Waals surface area contributed by atoms with Crippen LogP contribution in [-0.4, -0.2) is 64.0 Å². The summed E-state index contributed by atoms with van der Waals surface area (Å²) < 4.78 is 85.0. The molecule has 4 N–H and O–H groups in total. The Hall–Kier alpha value is -4.01. The second-order valence-corrected chi connectivity index (χ2v) is 12.4. The number of ether oxygens (including phenoxy) is 2. The predicted octanol–water partition coefficient (Wildman–Crippen LogP) is 4.38. The first-order valence-corrected chi connectivity index (χ1v) is 14.6. The highest BCUT2D eigenvalue weighted by Crippen LogP contribution is 2.50. The van der Waals surface area contributed by atoms with E-state index in [-0.39, 0.29) is 53.8 Å². The van der Waals surface area contributed by atoms with Gasteiger partial charge in [-0.05, 0) is 50.8 Å². The van der Waals surface area contributed by atoms with Crippen LogP contribution >= 0.6 is 0 Å². The molecular weight excluding hydrogens is 605 g/mol. The number of amides is 2. The Balaban J connectivity index is 1.36. The van der Waals surface area contributed by atoms with E-state index in [4.69, 9.17) is 15.2 Å². The zero-order valence-corrected chi connectivity index (χ0v) is 24.5. The van der Waals surface area contributed by atoms with Gasteiger partial charge in [0.05, 0.1) is 31.1 Å². The summed E-state index contributed by atoms with van der Waals surface area (Å²) in [6.45, 7) is -0.270. The Kier molecular flexibility index (Phi) is 7.25. The summed E-state index contributed by atoms with van der Waals surface area (Å²) in [4.78, 5) is 29.8.